The first-order chi connectivity index (χ1) is 8.25. The average molecular weight is 270 g/mol. The van der Waals surface area contributed by atoms with E-state index in [1.165, 1.54) is 38.4 Å². The van der Waals surface area contributed by atoms with Gasteiger partial charge in [0.15, 0.2) is 5.78 Å². The van der Waals surface area contributed by atoms with Gasteiger partial charge in [0.1, 0.15) is 0 Å². The molecule has 6 heteroatoms. The van der Waals surface area contributed by atoms with Crippen molar-refractivity contribution in [2.75, 3.05) is 14.1 Å². The molecule has 0 heterocycles. The van der Waals surface area contributed by atoms with Crippen LogP contribution in [-0.4, -0.2) is 38.6 Å². The average Bonchev–Trinajstić information content (AvgIpc) is 2.28. The molecule has 0 spiro atoms. The standard InChI is InChI=1S/C12H18N2O3S/c1-9(13)8-12(15)10-4-6-11(7-5-10)18(16,17)14(2)3/h4-7,9H,8,13H2,1-3H3. The maximum Gasteiger partial charge on any atom is 0.242 e. The van der Waals surface area contributed by atoms with E-state index in [1.807, 2.05) is 0 Å². The number of hydrogen-bond donors (Lipinski definition) is 1. The first kappa shape index (κ1) is 14.8. The fourth-order valence-corrected chi connectivity index (χ4v) is 2.34. The number of carbonyl (C=O) groups is 1. The lowest BCUT2D eigenvalue weighted by molar-refractivity contribution is 0.0976. The van der Waals surface area contributed by atoms with Crippen molar-refractivity contribution >= 4 is 15.8 Å². The number of hydrogen-bond acceptors (Lipinski definition) is 4. The van der Waals surface area contributed by atoms with E-state index in [4.69, 9.17) is 5.73 Å². The Morgan fingerprint density at radius 2 is 1.78 bits per heavy atom. The Balaban J connectivity index is 2.97. The van der Waals surface area contributed by atoms with Crippen LogP contribution in [0, 0.1) is 0 Å². The number of carbonyl (C=O) groups excluding carboxylic acids is 1. The van der Waals surface area contributed by atoms with Gasteiger partial charge in [0.05, 0.1) is 4.90 Å². The van der Waals surface area contributed by atoms with Crippen LogP contribution in [0.15, 0.2) is 29.2 Å². The number of nitrogens with two attached hydrogens (primary N) is 1. The van der Waals surface area contributed by atoms with Crippen LogP contribution in [-0.2, 0) is 10.0 Å². The molecule has 1 aromatic carbocycles. The summed E-state index contributed by atoms with van der Waals surface area (Å²) in [7, 11) is -0.519. The first-order valence-electron chi connectivity index (χ1n) is 5.56. The Bertz CT molecular complexity index is 519. The van der Waals surface area contributed by atoms with Gasteiger partial charge in [-0.2, -0.15) is 0 Å². The molecule has 0 aliphatic heterocycles. The Morgan fingerprint density at radius 3 is 2.17 bits per heavy atom. The van der Waals surface area contributed by atoms with Gasteiger partial charge in [-0.3, -0.25) is 4.79 Å². The fourth-order valence-electron chi connectivity index (χ4n) is 1.43. The molecule has 0 fully saturated rings. The van der Waals surface area contributed by atoms with Crippen molar-refractivity contribution in [2.24, 2.45) is 5.73 Å². The SMILES string of the molecule is CC(N)CC(=O)c1ccc(S(=O)(=O)N(C)C)cc1. The zero-order chi connectivity index (χ0) is 13.9. The van der Waals surface area contributed by atoms with E-state index in [-0.39, 0.29) is 23.1 Å². The molecule has 5 nitrogen and oxygen atoms in total. The molecule has 100 valence electrons. The lowest BCUT2D eigenvalue weighted by atomic mass is 10.1. The van der Waals surface area contributed by atoms with E-state index in [1.54, 1.807) is 6.92 Å². The Labute approximate surface area is 108 Å². The first-order valence-corrected chi connectivity index (χ1v) is 7.00. The van der Waals surface area contributed by atoms with Crippen LogP contribution < -0.4 is 5.73 Å². The molecule has 0 saturated heterocycles. The van der Waals surface area contributed by atoms with Crippen LogP contribution in [0.2, 0.25) is 0 Å². The minimum Gasteiger partial charge on any atom is -0.328 e. The number of Topliss-reactive ketones (excluding diaryl/α,β-unsaturated/α-hetero) is 1. The van der Waals surface area contributed by atoms with E-state index in [2.05, 4.69) is 0 Å². The number of rotatable bonds is 5. The van der Waals surface area contributed by atoms with E-state index < -0.39 is 10.0 Å². The summed E-state index contributed by atoms with van der Waals surface area (Å²) in [5.41, 5.74) is 6.02. The molecular weight excluding hydrogens is 252 g/mol. The zero-order valence-electron chi connectivity index (χ0n) is 10.8. The van der Waals surface area contributed by atoms with Gasteiger partial charge >= 0.3 is 0 Å². The molecule has 1 atom stereocenters. The summed E-state index contributed by atoms with van der Waals surface area (Å²) in [5, 5.41) is 0. The smallest absolute Gasteiger partial charge is 0.242 e. The molecule has 18 heavy (non-hydrogen) atoms. The highest BCUT2D eigenvalue weighted by atomic mass is 32.2. The van der Waals surface area contributed by atoms with Gasteiger partial charge in [-0.1, -0.05) is 12.1 Å². The highest BCUT2D eigenvalue weighted by Crippen LogP contribution is 2.15. The lowest BCUT2D eigenvalue weighted by Crippen LogP contribution is -2.22. The molecule has 0 aromatic heterocycles. The quantitative estimate of drug-likeness (QED) is 0.805. The van der Waals surface area contributed by atoms with E-state index in [0.717, 1.165) is 4.31 Å². The number of nitrogens with zero attached hydrogens (tertiary/aromatic N) is 1. The molecule has 1 unspecified atom stereocenters. The number of sulfonamides is 1. The maximum atomic E-state index is 11.8. The zero-order valence-corrected chi connectivity index (χ0v) is 11.6. The predicted octanol–water partition coefficient (Wildman–Crippen LogP) is 0.857. The summed E-state index contributed by atoms with van der Waals surface area (Å²) in [4.78, 5) is 11.9. The van der Waals surface area contributed by atoms with Gasteiger partial charge in [-0.05, 0) is 19.1 Å². The minimum atomic E-state index is -3.45. The van der Waals surface area contributed by atoms with Crippen molar-refractivity contribution in [1.82, 2.24) is 4.31 Å². The van der Waals surface area contributed by atoms with Gasteiger partial charge in [0.25, 0.3) is 0 Å². The second-order valence-electron chi connectivity index (χ2n) is 4.42. The molecule has 0 amide bonds. The summed E-state index contributed by atoms with van der Waals surface area (Å²) in [6.45, 7) is 1.75. The third-order valence-electron chi connectivity index (χ3n) is 2.46. The minimum absolute atomic E-state index is 0.0844. The highest BCUT2D eigenvalue weighted by Gasteiger charge is 2.17. The second kappa shape index (κ2) is 5.60. The fraction of sp³-hybridized carbons (Fsp3) is 0.417. The molecule has 0 saturated carbocycles. The van der Waals surface area contributed by atoms with Crippen molar-refractivity contribution in [2.45, 2.75) is 24.3 Å². The number of ketones is 1. The Kier molecular flexibility index (Phi) is 4.61. The van der Waals surface area contributed by atoms with Crippen LogP contribution in [0.5, 0.6) is 0 Å². The highest BCUT2D eigenvalue weighted by molar-refractivity contribution is 7.89. The van der Waals surface area contributed by atoms with Crippen molar-refractivity contribution in [3.05, 3.63) is 29.8 Å². The molecule has 0 aliphatic rings. The van der Waals surface area contributed by atoms with Crippen LogP contribution in [0.1, 0.15) is 23.7 Å². The molecule has 2 N–H and O–H groups in total. The van der Waals surface area contributed by atoms with Gasteiger partial charge in [-0.15, -0.1) is 0 Å². The third-order valence-corrected chi connectivity index (χ3v) is 4.29. The van der Waals surface area contributed by atoms with Gasteiger partial charge in [0, 0.05) is 32.1 Å². The van der Waals surface area contributed by atoms with Crippen LogP contribution in [0.4, 0.5) is 0 Å². The van der Waals surface area contributed by atoms with Crippen molar-refractivity contribution in [3.63, 3.8) is 0 Å². The number of benzene rings is 1. The van der Waals surface area contributed by atoms with Gasteiger partial charge < -0.3 is 5.73 Å². The Hall–Kier alpha value is -1.24. The van der Waals surface area contributed by atoms with Crippen LogP contribution in [0.3, 0.4) is 0 Å². The Morgan fingerprint density at radius 1 is 1.28 bits per heavy atom. The molecule has 0 bridgehead atoms. The van der Waals surface area contributed by atoms with Crippen LogP contribution in [0.25, 0.3) is 0 Å². The van der Waals surface area contributed by atoms with E-state index in [0.29, 0.717) is 5.56 Å². The largest absolute Gasteiger partial charge is 0.328 e. The van der Waals surface area contributed by atoms with Crippen molar-refractivity contribution in [3.8, 4) is 0 Å². The summed E-state index contributed by atoms with van der Waals surface area (Å²) >= 11 is 0. The molecular formula is C12H18N2O3S. The summed E-state index contributed by atoms with van der Waals surface area (Å²) < 4.78 is 24.8. The molecule has 1 rings (SSSR count). The van der Waals surface area contributed by atoms with Crippen molar-refractivity contribution in [1.29, 1.82) is 0 Å². The predicted molar refractivity (Wildman–Crippen MR) is 69.9 cm³/mol. The van der Waals surface area contributed by atoms with Crippen LogP contribution >= 0.6 is 0 Å². The molecule has 0 radical (unpaired) electrons. The maximum absolute atomic E-state index is 11.8. The molecule has 1 aromatic rings. The monoisotopic (exact) mass is 270 g/mol. The molecule has 0 aliphatic carbocycles. The second-order valence-corrected chi connectivity index (χ2v) is 6.57. The summed E-state index contributed by atoms with van der Waals surface area (Å²) in [5.74, 6) is -0.0844. The van der Waals surface area contributed by atoms with Gasteiger partial charge in [-0.25, -0.2) is 12.7 Å². The summed E-state index contributed by atoms with van der Waals surface area (Å²) in [6.07, 6.45) is 0.250. The van der Waals surface area contributed by atoms with E-state index in [9.17, 15) is 13.2 Å². The van der Waals surface area contributed by atoms with E-state index >= 15 is 0 Å². The van der Waals surface area contributed by atoms with Crippen molar-refractivity contribution < 1.29 is 13.2 Å². The summed E-state index contributed by atoms with van der Waals surface area (Å²) in [6, 6.07) is 5.69. The normalized spacial score (nSPS) is 13.6. The lowest BCUT2D eigenvalue weighted by Gasteiger charge is -2.11. The third kappa shape index (κ3) is 3.38. The topological polar surface area (TPSA) is 80.5 Å². The van der Waals surface area contributed by atoms with Gasteiger partial charge in [0.2, 0.25) is 10.0 Å².